The maximum Gasteiger partial charge on any atom is 0.224 e. The van der Waals surface area contributed by atoms with Crippen molar-refractivity contribution in [1.82, 2.24) is 10.6 Å². The van der Waals surface area contributed by atoms with Crippen molar-refractivity contribution in [2.45, 2.75) is 44.1 Å². The van der Waals surface area contributed by atoms with Gasteiger partial charge >= 0.3 is 0 Å². The van der Waals surface area contributed by atoms with Crippen LogP contribution in [0.5, 0.6) is 0 Å². The van der Waals surface area contributed by atoms with E-state index in [9.17, 15) is 4.79 Å². The van der Waals surface area contributed by atoms with Crippen LogP contribution >= 0.6 is 0 Å². The van der Waals surface area contributed by atoms with E-state index in [1.54, 1.807) is 0 Å². The van der Waals surface area contributed by atoms with Gasteiger partial charge in [-0.2, -0.15) is 0 Å². The van der Waals surface area contributed by atoms with Crippen molar-refractivity contribution in [3.63, 3.8) is 0 Å². The topological polar surface area (TPSA) is 41.1 Å². The maximum absolute atomic E-state index is 12.4. The maximum atomic E-state index is 12.4. The summed E-state index contributed by atoms with van der Waals surface area (Å²) in [5, 5.41) is 6.67. The lowest BCUT2D eigenvalue weighted by molar-refractivity contribution is -0.122. The summed E-state index contributed by atoms with van der Waals surface area (Å²) in [5.41, 5.74) is 2.90. The number of rotatable bonds is 4. The van der Waals surface area contributed by atoms with Crippen molar-refractivity contribution in [3.8, 4) is 0 Å². The molecule has 1 aromatic carbocycles. The quantitative estimate of drug-likeness (QED) is 0.890. The van der Waals surface area contributed by atoms with Crippen molar-refractivity contribution in [2.24, 2.45) is 11.8 Å². The van der Waals surface area contributed by atoms with E-state index in [-0.39, 0.29) is 5.92 Å². The van der Waals surface area contributed by atoms with E-state index in [0.29, 0.717) is 23.8 Å². The molecule has 0 aromatic heterocycles. The Bertz CT molecular complexity index is 536. The molecule has 21 heavy (non-hydrogen) atoms. The Balaban J connectivity index is 1.33. The van der Waals surface area contributed by atoms with E-state index >= 15 is 0 Å². The van der Waals surface area contributed by atoms with Gasteiger partial charge in [-0.05, 0) is 61.6 Å². The molecule has 3 heteroatoms. The lowest BCUT2D eigenvalue weighted by Gasteiger charge is -2.13. The van der Waals surface area contributed by atoms with Gasteiger partial charge in [-0.15, -0.1) is 0 Å². The summed E-state index contributed by atoms with van der Waals surface area (Å²) in [6.45, 7) is 1.97. The molecule has 2 N–H and O–H groups in total. The number of hydrogen-bond donors (Lipinski definition) is 2. The molecule has 3 unspecified atom stereocenters. The summed E-state index contributed by atoms with van der Waals surface area (Å²) < 4.78 is 0. The fourth-order valence-corrected chi connectivity index (χ4v) is 4.41. The molecule has 3 nitrogen and oxygen atoms in total. The van der Waals surface area contributed by atoms with Crippen LogP contribution in [0.15, 0.2) is 24.3 Å². The summed E-state index contributed by atoms with van der Waals surface area (Å²) in [4.78, 5) is 12.4. The van der Waals surface area contributed by atoms with Crippen LogP contribution in [0, 0.1) is 11.8 Å². The minimum absolute atomic E-state index is 0.241. The van der Waals surface area contributed by atoms with Gasteiger partial charge in [-0.1, -0.05) is 24.3 Å². The fraction of sp³-hybridized carbons (Fsp3) is 0.611. The monoisotopic (exact) mass is 284 g/mol. The Hall–Kier alpha value is -1.35. The Morgan fingerprint density at radius 1 is 1.29 bits per heavy atom. The van der Waals surface area contributed by atoms with Crippen molar-refractivity contribution >= 4 is 5.91 Å². The number of hydrogen-bond acceptors (Lipinski definition) is 2. The van der Waals surface area contributed by atoms with E-state index < -0.39 is 0 Å². The molecule has 1 heterocycles. The van der Waals surface area contributed by atoms with E-state index in [2.05, 4.69) is 34.9 Å². The van der Waals surface area contributed by atoms with Crippen LogP contribution < -0.4 is 10.6 Å². The molecule has 1 amide bonds. The number of benzene rings is 1. The second kappa shape index (κ2) is 5.45. The zero-order valence-corrected chi connectivity index (χ0v) is 12.5. The van der Waals surface area contributed by atoms with Gasteiger partial charge in [0.15, 0.2) is 0 Å². The number of aryl methyl sites for hydroxylation is 1. The number of fused-ring (bicyclic) bond motifs is 3. The van der Waals surface area contributed by atoms with Crippen LogP contribution in [0.1, 0.15) is 42.7 Å². The van der Waals surface area contributed by atoms with E-state index in [0.717, 1.165) is 25.9 Å². The minimum Gasteiger partial charge on any atom is -0.356 e. The summed E-state index contributed by atoms with van der Waals surface area (Å²) in [6.07, 6.45) is 5.95. The number of carbonyl (C=O) groups is 1. The average Bonchev–Trinajstić information content (AvgIpc) is 3.04. The summed E-state index contributed by atoms with van der Waals surface area (Å²) in [7, 11) is 0. The minimum atomic E-state index is 0.241. The van der Waals surface area contributed by atoms with Crippen molar-refractivity contribution in [2.75, 3.05) is 13.1 Å². The van der Waals surface area contributed by atoms with Gasteiger partial charge in [0.25, 0.3) is 0 Å². The number of amides is 1. The average molecular weight is 284 g/mol. The van der Waals surface area contributed by atoms with Gasteiger partial charge in [0, 0.05) is 18.5 Å². The van der Waals surface area contributed by atoms with Crippen molar-refractivity contribution in [3.05, 3.63) is 35.4 Å². The second-order valence-corrected chi connectivity index (χ2v) is 6.83. The molecule has 2 fully saturated rings. The Morgan fingerprint density at radius 2 is 2.19 bits per heavy atom. The molecular formula is C18H24N2O. The molecule has 4 atom stereocenters. The van der Waals surface area contributed by atoms with Gasteiger partial charge < -0.3 is 10.6 Å². The smallest absolute Gasteiger partial charge is 0.224 e. The van der Waals surface area contributed by atoms with Crippen LogP contribution in [0.4, 0.5) is 0 Å². The number of carbonyl (C=O) groups excluding carboxylic acids is 1. The normalized spacial score (nSPS) is 33.1. The lowest BCUT2D eigenvalue weighted by Crippen LogP contribution is -2.31. The van der Waals surface area contributed by atoms with Crippen LogP contribution in [0.3, 0.4) is 0 Å². The highest BCUT2D eigenvalue weighted by Gasteiger charge is 2.56. The first-order valence-electron chi connectivity index (χ1n) is 8.43. The largest absolute Gasteiger partial charge is 0.356 e. The van der Waals surface area contributed by atoms with Crippen molar-refractivity contribution in [1.29, 1.82) is 0 Å². The molecule has 1 saturated heterocycles. The summed E-state index contributed by atoms with van der Waals surface area (Å²) in [6, 6.07) is 9.30. The Morgan fingerprint density at radius 3 is 3.05 bits per heavy atom. The highest BCUT2D eigenvalue weighted by molar-refractivity contribution is 5.84. The SMILES string of the molecule is O=C(NCC[C@H]1CCCN1)C1C2CCc3ccccc3C21. The molecule has 4 rings (SSSR count). The van der Waals surface area contributed by atoms with Crippen LogP contribution in [-0.2, 0) is 11.2 Å². The molecule has 1 aliphatic heterocycles. The van der Waals surface area contributed by atoms with Gasteiger partial charge in [0.1, 0.15) is 0 Å². The van der Waals surface area contributed by atoms with Gasteiger partial charge in [0.05, 0.1) is 0 Å². The Labute approximate surface area is 126 Å². The predicted octanol–water partition coefficient (Wildman–Crippen LogP) is 2.22. The third-order valence-electron chi connectivity index (χ3n) is 5.59. The van der Waals surface area contributed by atoms with Crippen LogP contribution in [0.25, 0.3) is 0 Å². The molecule has 3 aliphatic rings. The zero-order chi connectivity index (χ0) is 14.2. The second-order valence-electron chi connectivity index (χ2n) is 6.83. The van der Waals surface area contributed by atoms with Crippen LogP contribution in [0.2, 0.25) is 0 Å². The van der Waals surface area contributed by atoms with E-state index in [1.165, 1.54) is 30.4 Å². The third kappa shape index (κ3) is 2.48. The summed E-state index contributed by atoms with van der Waals surface area (Å²) in [5.74, 6) is 1.63. The highest BCUT2D eigenvalue weighted by Crippen LogP contribution is 2.59. The number of nitrogens with one attached hydrogen (secondary N) is 2. The highest BCUT2D eigenvalue weighted by atomic mass is 16.2. The standard InChI is InChI=1S/C18H24N2O/c21-18(20-11-9-13-5-3-10-19-13)17-15-8-7-12-4-1-2-6-14(12)16(15)17/h1-2,4,6,13,15-17,19H,3,5,7-11H2,(H,20,21)/t13-,15?,16?,17?/m1/s1. The first-order chi connectivity index (χ1) is 10.3. The lowest BCUT2D eigenvalue weighted by atomic mass is 9.92. The zero-order valence-electron chi connectivity index (χ0n) is 12.5. The predicted molar refractivity (Wildman–Crippen MR) is 83.1 cm³/mol. The van der Waals surface area contributed by atoms with Gasteiger partial charge in [-0.25, -0.2) is 0 Å². The molecule has 112 valence electrons. The molecule has 1 saturated carbocycles. The first-order valence-corrected chi connectivity index (χ1v) is 8.43. The third-order valence-corrected chi connectivity index (χ3v) is 5.59. The molecule has 0 bridgehead atoms. The molecule has 1 aromatic rings. The van der Waals surface area contributed by atoms with Gasteiger partial charge in [0.2, 0.25) is 5.91 Å². The Kier molecular flexibility index (Phi) is 3.46. The summed E-state index contributed by atoms with van der Waals surface area (Å²) >= 11 is 0. The fourth-order valence-electron chi connectivity index (χ4n) is 4.41. The molecule has 0 radical (unpaired) electrons. The molecule has 2 aliphatic carbocycles. The van der Waals surface area contributed by atoms with E-state index in [4.69, 9.17) is 0 Å². The van der Waals surface area contributed by atoms with Crippen molar-refractivity contribution < 1.29 is 4.79 Å². The molecular weight excluding hydrogens is 260 g/mol. The first kappa shape index (κ1) is 13.3. The van der Waals surface area contributed by atoms with Crippen LogP contribution in [-0.4, -0.2) is 25.0 Å². The van der Waals surface area contributed by atoms with Gasteiger partial charge in [-0.3, -0.25) is 4.79 Å². The van der Waals surface area contributed by atoms with E-state index in [1.807, 2.05) is 0 Å². The molecule has 0 spiro atoms.